The van der Waals surface area contributed by atoms with Gasteiger partial charge in [-0.05, 0) is 13.0 Å². The van der Waals surface area contributed by atoms with E-state index < -0.39 is 39.9 Å². The van der Waals surface area contributed by atoms with Crippen molar-refractivity contribution in [2.45, 2.75) is 18.9 Å². The van der Waals surface area contributed by atoms with Crippen molar-refractivity contribution in [3.8, 4) is 0 Å². The first-order chi connectivity index (χ1) is 9.21. The summed E-state index contributed by atoms with van der Waals surface area (Å²) >= 11 is 0. The molecule has 0 aliphatic heterocycles. The Kier molecular flexibility index (Phi) is 6.58. The van der Waals surface area contributed by atoms with Crippen LogP contribution >= 0.6 is 12.4 Å². The van der Waals surface area contributed by atoms with E-state index >= 15 is 0 Å². The van der Waals surface area contributed by atoms with Gasteiger partial charge in [-0.3, -0.25) is 10.1 Å². The van der Waals surface area contributed by atoms with E-state index in [4.69, 9.17) is 5.73 Å². The molecule has 6 nitrogen and oxygen atoms in total. The summed E-state index contributed by atoms with van der Waals surface area (Å²) in [7, 11) is 0. The molecule has 10 heteroatoms. The number of nitrogens with zero attached hydrogens (tertiary/aromatic N) is 1. The molecule has 0 saturated carbocycles. The van der Waals surface area contributed by atoms with Crippen LogP contribution in [-0.4, -0.2) is 23.4 Å². The van der Waals surface area contributed by atoms with Crippen molar-refractivity contribution in [2.24, 2.45) is 5.73 Å². The van der Waals surface area contributed by atoms with Gasteiger partial charge in [0.15, 0.2) is 0 Å². The summed E-state index contributed by atoms with van der Waals surface area (Å²) in [6.07, 6.45) is 0. The van der Waals surface area contributed by atoms with E-state index in [2.05, 4.69) is 4.74 Å². The molecule has 1 atom stereocenters. The predicted molar refractivity (Wildman–Crippen MR) is 68.8 cm³/mol. The minimum absolute atomic E-state index is 0. The molecule has 0 amide bonds. The van der Waals surface area contributed by atoms with E-state index in [1.165, 1.54) is 6.92 Å². The van der Waals surface area contributed by atoms with Crippen molar-refractivity contribution < 1.29 is 27.6 Å². The summed E-state index contributed by atoms with van der Waals surface area (Å²) in [5.74, 6) is -7.29. The van der Waals surface area contributed by atoms with E-state index in [-0.39, 0.29) is 19.0 Å². The van der Waals surface area contributed by atoms with Gasteiger partial charge < -0.3 is 10.5 Å². The molecule has 0 radical (unpaired) electrons. The molecule has 0 fully saturated rings. The van der Waals surface area contributed by atoms with E-state index in [9.17, 15) is 28.1 Å². The standard InChI is InChI=1S/C11H11F3N2O4.ClH/c1-2-20-10(17)11(13,14)9(15)7-5-6(16(18)19)3-4-8(7)12;/h3-5,9H,2,15H2,1H3;1H/t9-;/m1./s1. The number of esters is 1. The number of nitro groups is 1. The lowest BCUT2D eigenvalue weighted by Crippen LogP contribution is -2.42. The second-order valence-electron chi connectivity index (χ2n) is 3.78. The van der Waals surface area contributed by atoms with Crippen LogP contribution in [0.4, 0.5) is 18.9 Å². The minimum atomic E-state index is -4.20. The average molecular weight is 329 g/mol. The fraction of sp³-hybridized carbons (Fsp3) is 0.364. The Morgan fingerprint density at radius 2 is 2.10 bits per heavy atom. The first-order valence-corrected chi connectivity index (χ1v) is 5.46. The fourth-order valence-electron chi connectivity index (χ4n) is 1.43. The number of nitro benzene ring substituents is 1. The summed E-state index contributed by atoms with van der Waals surface area (Å²) in [5, 5.41) is 10.5. The zero-order valence-electron chi connectivity index (χ0n) is 10.7. The van der Waals surface area contributed by atoms with Crippen LogP contribution in [0.3, 0.4) is 0 Å². The van der Waals surface area contributed by atoms with Crippen LogP contribution in [0.1, 0.15) is 18.5 Å². The number of nitrogens with two attached hydrogens (primary N) is 1. The van der Waals surface area contributed by atoms with Crippen LogP contribution in [0, 0.1) is 15.9 Å². The monoisotopic (exact) mass is 328 g/mol. The molecular weight excluding hydrogens is 317 g/mol. The zero-order valence-corrected chi connectivity index (χ0v) is 11.5. The summed E-state index contributed by atoms with van der Waals surface area (Å²) in [5.41, 5.74) is 3.71. The number of rotatable bonds is 5. The highest BCUT2D eigenvalue weighted by atomic mass is 35.5. The van der Waals surface area contributed by atoms with E-state index in [0.29, 0.717) is 12.1 Å². The maximum Gasteiger partial charge on any atom is 0.379 e. The molecule has 0 saturated heterocycles. The van der Waals surface area contributed by atoms with Crippen LogP contribution in [0.25, 0.3) is 0 Å². The number of halogens is 4. The lowest BCUT2D eigenvalue weighted by atomic mass is 10.00. The van der Waals surface area contributed by atoms with Gasteiger partial charge >= 0.3 is 11.9 Å². The number of carbonyl (C=O) groups is 1. The molecule has 118 valence electrons. The average Bonchev–Trinajstić information content (AvgIpc) is 2.38. The molecule has 0 spiro atoms. The molecule has 0 aliphatic rings. The van der Waals surface area contributed by atoms with Gasteiger partial charge in [-0.25, -0.2) is 9.18 Å². The minimum Gasteiger partial charge on any atom is -0.462 e. The molecular formula is C11H12ClF3N2O4. The van der Waals surface area contributed by atoms with Crippen molar-refractivity contribution in [2.75, 3.05) is 6.61 Å². The van der Waals surface area contributed by atoms with Gasteiger partial charge in [0.05, 0.1) is 11.5 Å². The van der Waals surface area contributed by atoms with Crippen molar-refractivity contribution >= 4 is 24.1 Å². The first kappa shape index (κ1) is 19.1. The summed E-state index contributed by atoms with van der Waals surface area (Å²) in [4.78, 5) is 20.7. The number of alkyl halides is 2. The van der Waals surface area contributed by atoms with Gasteiger partial charge in [0, 0.05) is 17.7 Å². The third kappa shape index (κ3) is 4.05. The topological polar surface area (TPSA) is 95.5 Å². The van der Waals surface area contributed by atoms with Crippen LogP contribution in [0.2, 0.25) is 0 Å². The maximum atomic E-state index is 13.7. The molecule has 0 bridgehead atoms. The number of ether oxygens (including phenoxy) is 1. The normalized spacial score (nSPS) is 12.2. The van der Waals surface area contributed by atoms with Crippen molar-refractivity contribution in [1.82, 2.24) is 0 Å². The smallest absolute Gasteiger partial charge is 0.379 e. The van der Waals surface area contributed by atoms with Crippen LogP contribution in [-0.2, 0) is 9.53 Å². The SMILES string of the molecule is CCOC(=O)C(F)(F)[C@H](N)c1cc([N+](=O)[O-])ccc1F.Cl. The third-order valence-electron chi connectivity index (χ3n) is 2.46. The molecule has 0 aromatic heterocycles. The Balaban J connectivity index is 0.00000400. The quantitative estimate of drug-likeness (QED) is 0.508. The summed E-state index contributed by atoms with van der Waals surface area (Å²) in [6.45, 7) is 1.01. The van der Waals surface area contributed by atoms with Gasteiger partial charge in [-0.2, -0.15) is 8.78 Å². The summed E-state index contributed by atoms with van der Waals surface area (Å²) < 4.78 is 44.9. The van der Waals surface area contributed by atoms with Gasteiger partial charge in [-0.15, -0.1) is 12.4 Å². The highest BCUT2D eigenvalue weighted by Gasteiger charge is 2.49. The van der Waals surface area contributed by atoms with Gasteiger partial charge in [0.25, 0.3) is 5.69 Å². The van der Waals surface area contributed by atoms with Crippen molar-refractivity contribution in [1.29, 1.82) is 0 Å². The fourth-order valence-corrected chi connectivity index (χ4v) is 1.43. The molecule has 21 heavy (non-hydrogen) atoms. The highest BCUT2D eigenvalue weighted by molar-refractivity contribution is 5.85. The molecule has 2 N–H and O–H groups in total. The van der Waals surface area contributed by atoms with Crippen LogP contribution in [0.5, 0.6) is 0 Å². The summed E-state index contributed by atoms with van der Waals surface area (Å²) in [6, 6.07) is -0.392. The van der Waals surface area contributed by atoms with Crippen molar-refractivity contribution in [3.63, 3.8) is 0 Å². The highest BCUT2D eigenvalue weighted by Crippen LogP contribution is 2.33. The maximum absolute atomic E-state index is 13.7. The van der Waals surface area contributed by atoms with Gasteiger partial charge in [0.1, 0.15) is 11.9 Å². The molecule has 0 unspecified atom stereocenters. The van der Waals surface area contributed by atoms with E-state index in [1.807, 2.05) is 0 Å². The second-order valence-corrected chi connectivity index (χ2v) is 3.78. The number of benzene rings is 1. The number of hydrogen-bond donors (Lipinski definition) is 1. The first-order valence-electron chi connectivity index (χ1n) is 5.46. The molecule has 0 aliphatic carbocycles. The number of carbonyl (C=O) groups excluding carboxylic acids is 1. The Bertz CT molecular complexity index is 542. The Morgan fingerprint density at radius 3 is 2.57 bits per heavy atom. The van der Waals surface area contributed by atoms with Crippen molar-refractivity contribution in [3.05, 3.63) is 39.7 Å². The van der Waals surface area contributed by atoms with Crippen LogP contribution < -0.4 is 5.73 Å². The largest absolute Gasteiger partial charge is 0.462 e. The lowest BCUT2D eigenvalue weighted by Gasteiger charge is -2.22. The lowest BCUT2D eigenvalue weighted by molar-refractivity contribution is -0.385. The molecule has 1 aromatic rings. The number of hydrogen-bond acceptors (Lipinski definition) is 5. The predicted octanol–water partition coefficient (Wildman–Crippen LogP) is 2.35. The van der Waals surface area contributed by atoms with Crippen LogP contribution in [0.15, 0.2) is 18.2 Å². The van der Waals surface area contributed by atoms with E-state index in [1.54, 1.807) is 0 Å². The zero-order chi connectivity index (χ0) is 15.5. The third-order valence-corrected chi connectivity index (χ3v) is 2.46. The molecule has 0 heterocycles. The molecule has 1 aromatic carbocycles. The van der Waals surface area contributed by atoms with E-state index in [0.717, 1.165) is 6.07 Å². The Morgan fingerprint density at radius 1 is 1.52 bits per heavy atom. The second kappa shape index (κ2) is 7.23. The number of non-ortho nitro benzene ring substituents is 1. The Hall–Kier alpha value is -1.87. The Labute approximate surface area is 123 Å². The van der Waals surface area contributed by atoms with Gasteiger partial charge in [-0.1, -0.05) is 0 Å². The molecule has 1 rings (SSSR count). The van der Waals surface area contributed by atoms with Gasteiger partial charge in [0.2, 0.25) is 0 Å².